The van der Waals surface area contributed by atoms with E-state index in [1.807, 2.05) is 36.4 Å². The third-order valence-corrected chi connectivity index (χ3v) is 3.49. The average Bonchev–Trinajstić information content (AvgIpc) is 2.48. The van der Waals surface area contributed by atoms with Crippen LogP contribution >= 0.6 is 0 Å². The summed E-state index contributed by atoms with van der Waals surface area (Å²) in [5.74, 6) is 0. The maximum absolute atomic E-state index is 10.3. The van der Waals surface area contributed by atoms with Gasteiger partial charge in [0.1, 0.15) is 0 Å². The van der Waals surface area contributed by atoms with Crippen molar-refractivity contribution in [2.45, 2.75) is 64.3 Å². The number of unbranched alkanes of at least 4 members (excludes halogenated alkanes) is 2. The van der Waals surface area contributed by atoms with Crippen LogP contribution in [0.2, 0.25) is 0 Å². The van der Waals surface area contributed by atoms with Gasteiger partial charge in [0.05, 0.1) is 18.8 Å². The van der Waals surface area contributed by atoms with Crippen molar-refractivity contribution in [1.82, 2.24) is 0 Å². The lowest BCUT2D eigenvalue weighted by Crippen LogP contribution is -2.29. The minimum atomic E-state index is -0.370. The third kappa shape index (κ3) is 6.88. The van der Waals surface area contributed by atoms with Gasteiger partial charge in [-0.3, -0.25) is 0 Å². The summed E-state index contributed by atoms with van der Waals surface area (Å²) in [7, 11) is 0. The molecule has 112 valence electrons. The van der Waals surface area contributed by atoms with Crippen molar-refractivity contribution in [2.75, 3.05) is 0 Å². The fourth-order valence-corrected chi connectivity index (χ4v) is 2.24. The summed E-state index contributed by atoms with van der Waals surface area (Å²) >= 11 is 0. The summed E-state index contributed by atoms with van der Waals surface area (Å²) in [6, 6.07) is 10.1. The average molecular weight is 276 g/mol. The molecule has 0 aliphatic rings. The van der Waals surface area contributed by atoms with Crippen molar-refractivity contribution in [2.24, 2.45) is 0 Å². The normalized spacial score (nSPS) is 13.9. The zero-order valence-electron chi connectivity index (χ0n) is 12.6. The Bertz CT molecular complexity index is 348. The van der Waals surface area contributed by atoms with Crippen molar-refractivity contribution in [3.8, 4) is 0 Å². The van der Waals surface area contributed by atoms with Gasteiger partial charge in [0.15, 0.2) is 0 Å². The van der Waals surface area contributed by atoms with Gasteiger partial charge in [0.2, 0.25) is 0 Å². The monoisotopic (exact) mass is 276 g/mol. The topological polar surface area (TPSA) is 29.5 Å². The number of hydrogen-bond acceptors (Lipinski definition) is 2. The van der Waals surface area contributed by atoms with Crippen molar-refractivity contribution in [1.29, 1.82) is 0 Å². The largest absolute Gasteiger partial charge is 0.390 e. The lowest BCUT2D eigenvalue weighted by Gasteiger charge is -2.23. The summed E-state index contributed by atoms with van der Waals surface area (Å²) in [6.45, 7) is 6.49. The zero-order valence-corrected chi connectivity index (χ0v) is 12.6. The highest BCUT2D eigenvalue weighted by atomic mass is 16.5. The Morgan fingerprint density at radius 2 is 1.95 bits per heavy atom. The molecule has 0 aromatic heterocycles. The maximum Gasteiger partial charge on any atom is 0.0841 e. The van der Waals surface area contributed by atoms with Crippen LogP contribution in [0.4, 0.5) is 0 Å². The van der Waals surface area contributed by atoms with Crippen LogP contribution in [0.1, 0.15) is 51.0 Å². The fraction of sp³-hybridized carbons (Fsp3) is 0.556. The maximum atomic E-state index is 10.3. The first-order valence-electron chi connectivity index (χ1n) is 7.72. The van der Waals surface area contributed by atoms with E-state index < -0.39 is 0 Å². The molecule has 2 heteroatoms. The van der Waals surface area contributed by atoms with Crippen LogP contribution in [0.3, 0.4) is 0 Å². The zero-order chi connectivity index (χ0) is 14.6. The molecule has 0 saturated heterocycles. The molecule has 1 aromatic carbocycles. The van der Waals surface area contributed by atoms with Crippen LogP contribution in [0.25, 0.3) is 0 Å². The highest BCUT2D eigenvalue weighted by Crippen LogP contribution is 2.16. The molecule has 20 heavy (non-hydrogen) atoms. The third-order valence-electron chi connectivity index (χ3n) is 3.49. The second-order valence-corrected chi connectivity index (χ2v) is 5.26. The highest BCUT2D eigenvalue weighted by molar-refractivity contribution is 5.13. The van der Waals surface area contributed by atoms with E-state index >= 15 is 0 Å². The van der Waals surface area contributed by atoms with Crippen LogP contribution in [-0.2, 0) is 11.3 Å². The predicted molar refractivity (Wildman–Crippen MR) is 84.6 cm³/mol. The van der Waals surface area contributed by atoms with Crippen molar-refractivity contribution >= 4 is 0 Å². The molecule has 0 unspecified atom stereocenters. The first-order chi connectivity index (χ1) is 9.77. The molecule has 0 fully saturated rings. The van der Waals surface area contributed by atoms with Gasteiger partial charge in [-0.1, -0.05) is 62.6 Å². The standard InChI is InChI=1S/C18H28O2/c1-3-5-8-13-17(19)18(14-6-4-2)20-15-16-11-9-7-10-12-16/h4,7,9-12,17-19H,2-3,5-6,8,13-15H2,1H3/t17-,18+/m1/s1. The van der Waals surface area contributed by atoms with E-state index in [4.69, 9.17) is 4.74 Å². The van der Waals surface area contributed by atoms with E-state index in [1.54, 1.807) is 0 Å². The molecule has 0 bridgehead atoms. The molecular formula is C18H28O2. The number of ether oxygens (including phenoxy) is 1. The van der Waals surface area contributed by atoms with Gasteiger partial charge < -0.3 is 9.84 Å². The van der Waals surface area contributed by atoms with Crippen LogP contribution in [0.5, 0.6) is 0 Å². The van der Waals surface area contributed by atoms with Gasteiger partial charge in [0.25, 0.3) is 0 Å². The number of allylic oxidation sites excluding steroid dienone is 1. The van der Waals surface area contributed by atoms with Crippen LogP contribution in [0, 0.1) is 0 Å². The number of aliphatic hydroxyl groups is 1. The van der Waals surface area contributed by atoms with E-state index in [-0.39, 0.29) is 12.2 Å². The molecule has 0 saturated carbocycles. The molecule has 2 atom stereocenters. The molecule has 0 radical (unpaired) electrons. The Labute approximate surface area is 123 Å². The molecule has 0 aliphatic heterocycles. The first kappa shape index (κ1) is 16.9. The molecular weight excluding hydrogens is 248 g/mol. The van der Waals surface area contributed by atoms with Gasteiger partial charge in [-0.05, 0) is 24.8 Å². The lowest BCUT2D eigenvalue weighted by molar-refractivity contribution is -0.0527. The molecule has 1 rings (SSSR count). The first-order valence-corrected chi connectivity index (χ1v) is 7.72. The van der Waals surface area contributed by atoms with Gasteiger partial charge >= 0.3 is 0 Å². The molecule has 1 aromatic rings. The van der Waals surface area contributed by atoms with E-state index in [1.165, 1.54) is 12.8 Å². The fourth-order valence-electron chi connectivity index (χ4n) is 2.24. The number of rotatable bonds is 11. The Balaban J connectivity index is 2.43. The van der Waals surface area contributed by atoms with Gasteiger partial charge in [-0.15, -0.1) is 6.58 Å². The Hall–Kier alpha value is -1.12. The molecule has 0 spiro atoms. The second-order valence-electron chi connectivity index (χ2n) is 5.26. The minimum absolute atomic E-state index is 0.0925. The minimum Gasteiger partial charge on any atom is -0.390 e. The van der Waals surface area contributed by atoms with E-state index in [2.05, 4.69) is 13.5 Å². The molecule has 0 amide bonds. The van der Waals surface area contributed by atoms with Gasteiger partial charge in [0, 0.05) is 0 Å². The summed E-state index contributed by atoms with van der Waals surface area (Å²) in [5, 5.41) is 10.3. The molecule has 0 aliphatic carbocycles. The van der Waals surface area contributed by atoms with Crippen LogP contribution in [-0.4, -0.2) is 17.3 Å². The van der Waals surface area contributed by atoms with Crippen molar-refractivity contribution < 1.29 is 9.84 Å². The number of benzene rings is 1. The van der Waals surface area contributed by atoms with Gasteiger partial charge in [-0.2, -0.15) is 0 Å². The SMILES string of the molecule is C=CCC[C@H](OCc1ccccc1)[C@H](O)CCCCC. The molecule has 0 heterocycles. The quantitative estimate of drug-likeness (QED) is 0.477. The lowest BCUT2D eigenvalue weighted by atomic mass is 10.0. The highest BCUT2D eigenvalue weighted by Gasteiger charge is 2.18. The summed E-state index contributed by atoms with van der Waals surface area (Å²) in [6.07, 6.45) is 7.38. The van der Waals surface area contributed by atoms with Gasteiger partial charge in [-0.25, -0.2) is 0 Å². The molecule has 2 nitrogen and oxygen atoms in total. The summed E-state index contributed by atoms with van der Waals surface area (Å²) in [4.78, 5) is 0. The van der Waals surface area contributed by atoms with E-state index in [0.717, 1.165) is 31.2 Å². The van der Waals surface area contributed by atoms with E-state index in [0.29, 0.717) is 6.61 Å². The van der Waals surface area contributed by atoms with Crippen LogP contribution in [0.15, 0.2) is 43.0 Å². The Kier molecular flexibility index (Phi) is 9.01. The summed E-state index contributed by atoms with van der Waals surface area (Å²) in [5.41, 5.74) is 1.15. The Morgan fingerprint density at radius 1 is 1.20 bits per heavy atom. The van der Waals surface area contributed by atoms with Crippen LogP contribution < -0.4 is 0 Å². The van der Waals surface area contributed by atoms with E-state index in [9.17, 15) is 5.11 Å². The molecule has 1 N–H and O–H groups in total. The number of hydrogen-bond donors (Lipinski definition) is 1. The Morgan fingerprint density at radius 3 is 2.60 bits per heavy atom. The smallest absolute Gasteiger partial charge is 0.0841 e. The van der Waals surface area contributed by atoms with Crippen molar-refractivity contribution in [3.63, 3.8) is 0 Å². The predicted octanol–water partition coefficient (Wildman–Crippen LogP) is 4.48. The summed E-state index contributed by atoms with van der Waals surface area (Å²) < 4.78 is 5.92. The van der Waals surface area contributed by atoms with Crippen molar-refractivity contribution in [3.05, 3.63) is 48.6 Å². The second kappa shape index (κ2) is 10.6. The number of aliphatic hydroxyl groups excluding tert-OH is 1.